The summed E-state index contributed by atoms with van der Waals surface area (Å²) in [6.07, 6.45) is 10.7. The number of nitrogens with zero attached hydrogens (tertiary/aromatic N) is 2. The fraction of sp³-hybridized carbons (Fsp3) is 0.412. The molecular formula is C17H21N5O. The molecule has 4 N–H and O–H groups in total. The molecule has 1 aliphatic heterocycles. The number of hydrogen-bond donors (Lipinski definition) is 3. The number of carbonyl (C=O) groups excluding carboxylic acids is 1. The lowest BCUT2D eigenvalue weighted by Gasteiger charge is -2.29. The Morgan fingerprint density at radius 2 is 2.30 bits per heavy atom. The van der Waals surface area contributed by atoms with E-state index < -0.39 is 0 Å². The quantitative estimate of drug-likeness (QED) is 0.811. The number of aryl methyl sites for hydroxylation is 1. The number of H-pyrrole nitrogens is 1. The third-order valence-electron chi connectivity index (χ3n) is 4.51. The van der Waals surface area contributed by atoms with Crippen molar-refractivity contribution in [3.63, 3.8) is 0 Å². The topological polar surface area (TPSA) is 87.0 Å². The molecule has 2 aliphatic rings. The lowest BCUT2D eigenvalue weighted by molar-refractivity contribution is -0.117. The van der Waals surface area contributed by atoms with Gasteiger partial charge in [-0.3, -0.25) is 4.79 Å². The second-order valence-electron chi connectivity index (χ2n) is 6.51. The predicted octanol–water partition coefficient (Wildman–Crippen LogP) is 2.27. The molecule has 1 aliphatic carbocycles. The summed E-state index contributed by atoms with van der Waals surface area (Å²) in [7, 11) is 0. The first-order valence-corrected chi connectivity index (χ1v) is 8.10. The van der Waals surface area contributed by atoms with Crippen LogP contribution in [-0.4, -0.2) is 28.5 Å². The van der Waals surface area contributed by atoms with E-state index in [-0.39, 0.29) is 17.9 Å². The SMILES string of the molecule is Cc1cnc2[nH]cc(NC(=O)C3CC3)c2c1N1C=CC[C@@H](N)C1. The van der Waals surface area contributed by atoms with Crippen molar-refractivity contribution in [1.82, 2.24) is 9.97 Å². The van der Waals surface area contributed by atoms with Crippen LogP contribution in [0, 0.1) is 12.8 Å². The fourth-order valence-electron chi connectivity index (χ4n) is 3.14. The molecule has 4 rings (SSSR count). The molecule has 3 heterocycles. The maximum atomic E-state index is 12.1. The molecule has 1 fully saturated rings. The van der Waals surface area contributed by atoms with Crippen LogP contribution >= 0.6 is 0 Å². The third kappa shape index (κ3) is 2.59. The van der Waals surface area contributed by atoms with Crippen molar-refractivity contribution < 1.29 is 4.79 Å². The van der Waals surface area contributed by atoms with Crippen molar-refractivity contribution in [2.45, 2.75) is 32.2 Å². The van der Waals surface area contributed by atoms with Crippen LogP contribution in [0.5, 0.6) is 0 Å². The zero-order valence-electron chi connectivity index (χ0n) is 13.2. The van der Waals surface area contributed by atoms with Gasteiger partial charge in [0.1, 0.15) is 5.65 Å². The van der Waals surface area contributed by atoms with E-state index in [2.05, 4.69) is 32.5 Å². The zero-order valence-corrected chi connectivity index (χ0v) is 13.2. The number of fused-ring (bicyclic) bond motifs is 1. The summed E-state index contributed by atoms with van der Waals surface area (Å²) < 4.78 is 0. The predicted molar refractivity (Wildman–Crippen MR) is 91.3 cm³/mol. The molecule has 0 spiro atoms. The van der Waals surface area contributed by atoms with Gasteiger partial charge in [-0.1, -0.05) is 6.08 Å². The van der Waals surface area contributed by atoms with Crippen LogP contribution in [0.3, 0.4) is 0 Å². The molecule has 6 nitrogen and oxygen atoms in total. The first-order valence-electron chi connectivity index (χ1n) is 8.10. The number of aromatic amines is 1. The summed E-state index contributed by atoms with van der Waals surface area (Å²) in [6.45, 7) is 2.80. The van der Waals surface area contributed by atoms with Crippen molar-refractivity contribution in [3.8, 4) is 0 Å². The summed E-state index contributed by atoms with van der Waals surface area (Å²) in [5, 5.41) is 4.01. The largest absolute Gasteiger partial charge is 0.346 e. The van der Waals surface area contributed by atoms with Crippen molar-refractivity contribution in [2.24, 2.45) is 11.7 Å². The first-order chi connectivity index (χ1) is 11.1. The lowest BCUT2D eigenvalue weighted by Crippen LogP contribution is -2.37. The summed E-state index contributed by atoms with van der Waals surface area (Å²) in [5.74, 6) is 0.272. The van der Waals surface area contributed by atoms with Crippen LogP contribution in [0.2, 0.25) is 0 Å². The molecule has 0 aromatic carbocycles. The Morgan fingerprint density at radius 3 is 3.04 bits per heavy atom. The van der Waals surface area contributed by atoms with Crippen molar-refractivity contribution in [1.29, 1.82) is 0 Å². The van der Waals surface area contributed by atoms with Crippen LogP contribution < -0.4 is 16.0 Å². The second-order valence-corrected chi connectivity index (χ2v) is 6.51. The summed E-state index contributed by atoms with van der Waals surface area (Å²) in [5.41, 5.74) is 9.83. The van der Waals surface area contributed by atoms with Gasteiger partial charge in [0.25, 0.3) is 0 Å². The van der Waals surface area contributed by atoms with Gasteiger partial charge in [-0.15, -0.1) is 0 Å². The second kappa shape index (κ2) is 5.38. The van der Waals surface area contributed by atoms with Gasteiger partial charge < -0.3 is 20.9 Å². The number of pyridine rings is 1. The van der Waals surface area contributed by atoms with Crippen LogP contribution in [0.4, 0.5) is 11.4 Å². The molecule has 0 bridgehead atoms. The zero-order chi connectivity index (χ0) is 16.0. The molecular weight excluding hydrogens is 290 g/mol. The summed E-state index contributed by atoms with van der Waals surface area (Å²) in [4.78, 5) is 21.9. The smallest absolute Gasteiger partial charge is 0.227 e. The van der Waals surface area contributed by atoms with Crippen LogP contribution in [0.15, 0.2) is 24.7 Å². The number of nitrogens with two attached hydrogens (primary N) is 1. The number of nitrogens with one attached hydrogen (secondary N) is 2. The lowest BCUT2D eigenvalue weighted by atomic mass is 10.1. The minimum atomic E-state index is 0.101. The Morgan fingerprint density at radius 1 is 1.48 bits per heavy atom. The highest BCUT2D eigenvalue weighted by Crippen LogP contribution is 2.37. The molecule has 6 heteroatoms. The minimum absolute atomic E-state index is 0.101. The molecule has 0 radical (unpaired) electrons. The first kappa shape index (κ1) is 14.3. The number of carbonyl (C=O) groups is 1. The Kier molecular flexibility index (Phi) is 3.34. The molecule has 1 saturated carbocycles. The van der Waals surface area contributed by atoms with E-state index in [0.717, 1.165) is 53.8 Å². The number of amides is 1. The van der Waals surface area contributed by atoms with Gasteiger partial charge in [0.05, 0.1) is 16.8 Å². The van der Waals surface area contributed by atoms with Crippen LogP contribution in [0.1, 0.15) is 24.8 Å². The van der Waals surface area contributed by atoms with E-state index in [4.69, 9.17) is 5.73 Å². The van der Waals surface area contributed by atoms with Crippen molar-refractivity contribution in [3.05, 3.63) is 30.2 Å². The standard InChI is InChI=1S/C17H21N5O/c1-10-7-19-16-14(15(10)22-6-2-3-12(18)9-22)13(8-20-16)21-17(23)11-4-5-11/h2,6-8,11-12H,3-5,9,18H2,1H3,(H,19,20)(H,21,23)/t12-/m1/s1. The van der Waals surface area contributed by atoms with Gasteiger partial charge in [-0.25, -0.2) is 4.98 Å². The van der Waals surface area contributed by atoms with E-state index >= 15 is 0 Å². The van der Waals surface area contributed by atoms with Crippen LogP contribution in [0.25, 0.3) is 11.0 Å². The van der Waals surface area contributed by atoms with Gasteiger partial charge in [-0.05, 0) is 31.7 Å². The van der Waals surface area contributed by atoms with Crippen molar-refractivity contribution >= 4 is 28.3 Å². The maximum Gasteiger partial charge on any atom is 0.227 e. The molecule has 0 saturated heterocycles. The summed E-state index contributed by atoms with van der Waals surface area (Å²) in [6, 6.07) is 0.117. The van der Waals surface area contributed by atoms with Gasteiger partial charge in [0, 0.05) is 37.1 Å². The summed E-state index contributed by atoms with van der Waals surface area (Å²) >= 11 is 0. The molecule has 0 unspecified atom stereocenters. The van der Waals surface area contributed by atoms with E-state index in [1.807, 2.05) is 19.3 Å². The average molecular weight is 311 g/mol. The normalized spacial score (nSPS) is 21.0. The van der Waals surface area contributed by atoms with E-state index in [1.54, 1.807) is 0 Å². The van der Waals surface area contributed by atoms with Crippen molar-refractivity contribution in [2.75, 3.05) is 16.8 Å². The number of hydrogen-bond acceptors (Lipinski definition) is 4. The molecule has 23 heavy (non-hydrogen) atoms. The van der Waals surface area contributed by atoms with E-state index in [9.17, 15) is 4.79 Å². The number of rotatable bonds is 3. The monoisotopic (exact) mass is 311 g/mol. The van der Waals surface area contributed by atoms with Gasteiger partial charge >= 0.3 is 0 Å². The maximum absolute atomic E-state index is 12.1. The third-order valence-corrected chi connectivity index (χ3v) is 4.51. The molecule has 1 amide bonds. The Labute approximate surface area is 134 Å². The highest BCUT2D eigenvalue weighted by atomic mass is 16.2. The van der Waals surface area contributed by atoms with E-state index in [1.165, 1.54) is 0 Å². The minimum Gasteiger partial charge on any atom is -0.346 e. The Balaban J connectivity index is 1.79. The van der Waals surface area contributed by atoms with Gasteiger partial charge in [0.2, 0.25) is 5.91 Å². The fourth-order valence-corrected chi connectivity index (χ4v) is 3.14. The van der Waals surface area contributed by atoms with Gasteiger partial charge in [-0.2, -0.15) is 0 Å². The highest BCUT2D eigenvalue weighted by molar-refractivity contribution is 6.08. The number of aromatic nitrogens is 2. The number of anilines is 2. The average Bonchev–Trinajstić information content (AvgIpc) is 3.31. The molecule has 120 valence electrons. The molecule has 1 atom stereocenters. The van der Waals surface area contributed by atoms with E-state index in [0.29, 0.717) is 0 Å². The Hall–Kier alpha value is -2.34. The molecule has 2 aromatic heterocycles. The van der Waals surface area contributed by atoms with Gasteiger partial charge in [0.15, 0.2) is 0 Å². The highest BCUT2D eigenvalue weighted by Gasteiger charge is 2.30. The van der Waals surface area contributed by atoms with Crippen LogP contribution in [-0.2, 0) is 4.79 Å². The Bertz CT molecular complexity index is 790. The molecule has 2 aromatic rings.